The van der Waals surface area contributed by atoms with E-state index in [0.29, 0.717) is 22.2 Å². The highest BCUT2D eigenvalue weighted by Crippen LogP contribution is 2.32. The van der Waals surface area contributed by atoms with E-state index in [4.69, 9.17) is 0 Å². The number of benzene rings is 2. The summed E-state index contributed by atoms with van der Waals surface area (Å²) in [6.07, 6.45) is 1.14. The normalized spacial score (nSPS) is 12.4. The molecule has 0 bridgehead atoms. The van der Waals surface area contributed by atoms with Crippen LogP contribution in [-0.2, 0) is 0 Å². The van der Waals surface area contributed by atoms with Crippen LogP contribution in [0.1, 0.15) is 48.4 Å². The molecule has 2 atom stereocenters. The third kappa shape index (κ3) is 7.27. The maximum absolute atomic E-state index is 13.9. The minimum atomic E-state index is -0.869. The predicted molar refractivity (Wildman–Crippen MR) is 235 cm³/mol. The average Bonchev–Trinajstić information content (AvgIpc) is 3.94. The molecule has 0 saturated carbocycles. The largest absolute Gasteiger partial charge is 0.362 e. The van der Waals surface area contributed by atoms with Crippen molar-refractivity contribution in [1.82, 2.24) is 48.7 Å². The highest BCUT2D eigenvalue weighted by Gasteiger charge is 2.22. The molecule has 0 fully saturated rings. The van der Waals surface area contributed by atoms with E-state index < -0.39 is 12.2 Å². The van der Waals surface area contributed by atoms with Crippen LogP contribution in [0.4, 0.5) is 20.4 Å². The molecule has 0 aliphatic heterocycles. The van der Waals surface area contributed by atoms with Gasteiger partial charge in [0, 0.05) is 22.4 Å². The van der Waals surface area contributed by atoms with Crippen LogP contribution < -0.4 is 21.8 Å². The minimum absolute atomic E-state index is 0.106. The summed E-state index contributed by atoms with van der Waals surface area (Å²) in [5, 5.41) is 6.47. The molecule has 10 aromatic rings. The summed E-state index contributed by atoms with van der Waals surface area (Å²) in [4.78, 5) is 56.2. The van der Waals surface area contributed by atoms with Gasteiger partial charge in [-0.1, -0.05) is 72.8 Å². The third-order valence-electron chi connectivity index (χ3n) is 10.7. The van der Waals surface area contributed by atoms with E-state index in [-0.39, 0.29) is 46.1 Å². The summed E-state index contributed by atoms with van der Waals surface area (Å²) in [5.41, 5.74) is 8.91. The molecule has 308 valence electrons. The van der Waals surface area contributed by atoms with Gasteiger partial charge < -0.3 is 20.6 Å². The molecule has 2 aromatic carbocycles. The first-order valence-corrected chi connectivity index (χ1v) is 19.7. The van der Waals surface area contributed by atoms with E-state index in [1.165, 1.54) is 12.7 Å². The Morgan fingerprint density at radius 1 is 0.548 bits per heavy atom. The van der Waals surface area contributed by atoms with E-state index in [1.54, 1.807) is 8.80 Å². The first-order chi connectivity index (χ1) is 30.0. The highest BCUT2D eigenvalue weighted by molar-refractivity contribution is 5.84. The van der Waals surface area contributed by atoms with E-state index in [1.807, 2.05) is 137 Å². The Bertz CT molecular complexity index is 3180. The lowest BCUT2D eigenvalue weighted by Crippen LogP contribution is -2.22. The molecule has 0 unspecified atom stereocenters. The topological polar surface area (TPSA) is 176 Å². The highest BCUT2D eigenvalue weighted by atomic mass is 19.1. The number of pyridine rings is 4. The molecule has 14 nitrogen and oxygen atoms in total. The van der Waals surface area contributed by atoms with Crippen molar-refractivity contribution in [2.75, 3.05) is 10.6 Å². The second-order valence-corrected chi connectivity index (χ2v) is 14.8. The fraction of sp³-hybridized carbons (Fsp3) is 0.130. The number of halogens is 2. The summed E-state index contributed by atoms with van der Waals surface area (Å²) in [7, 11) is 0. The molecule has 0 saturated heterocycles. The van der Waals surface area contributed by atoms with Gasteiger partial charge in [-0.25, -0.2) is 9.97 Å². The number of imidazole rings is 2. The monoisotopic (exact) mass is 828 g/mol. The predicted octanol–water partition coefficient (Wildman–Crippen LogP) is 8.51. The molecule has 8 aromatic heterocycles. The standard InChI is InChI=1S/2C23H19FN6O/c2*1-13-7-6-10-16-11-17(18(22(31)30(13)16)15-8-4-3-5-9-15)14(2)27-21-19-20(26-12-25-19)28-23(24)29-21/h2*3-12,14H,1-2H3,(H2,25,26,27,28,29)/t2*14-/m10/s1. The van der Waals surface area contributed by atoms with Crippen LogP contribution >= 0.6 is 0 Å². The van der Waals surface area contributed by atoms with E-state index in [9.17, 15) is 18.4 Å². The van der Waals surface area contributed by atoms with Gasteiger partial charge in [-0.05, 0) is 86.3 Å². The van der Waals surface area contributed by atoms with Gasteiger partial charge >= 0.3 is 12.2 Å². The van der Waals surface area contributed by atoms with Gasteiger partial charge in [0.25, 0.3) is 11.1 Å². The molecule has 0 amide bonds. The molecule has 10 rings (SSSR count). The summed E-state index contributed by atoms with van der Waals surface area (Å²) in [5.74, 6) is 0.576. The second kappa shape index (κ2) is 16.1. The number of nitrogens with zero attached hydrogens (tertiary/aromatic N) is 8. The zero-order valence-corrected chi connectivity index (χ0v) is 33.9. The number of rotatable bonds is 8. The molecule has 0 radical (unpaired) electrons. The van der Waals surface area contributed by atoms with Crippen molar-refractivity contribution in [3.63, 3.8) is 0 Å². The number of aryl methyl sites for hydroxylation is 2. The zero-order chi connectivity index (χ0) is 43.1. The number of nitrogens with one attached hydrogen (secondary N) is 4. The van der Waals surface area contributed by atoms with Crippen molar-refractivity contribution in [1.29, 1.82) is 0 Å². The van der Waals surface area contributed by atoms with Crippen molar-refractivity contribution in [3.05, 3.63) is 177 Å². The lowest BCUT2D eigenvalue weighted by Gasteiger charge is -2.20. The Labute approximate surface area is 351 Å². The quantitative estimate of drug-likeness (QED) is 0.109. The van der Waals surface area contributed by atoms with Crippen LogP contribution in [-0.4, -0.2) is 48.7 Å². The Morgan fingerprint density at radius 3 is 1.35 bits per heavy atom. The number of hydrogen-bond donors (Lipinski definition) is 4. The molecule has 62 heavy (non-hydrogen) atoms. The van der Waals surface area contributed by atoms with Gasteiger partial charge in [0.15, 0.2) is 22.9 Å². The Kier molecular flexibility index (Phi) is 10.2. The molecule has 0 aliphatic rings. The minimum Gasteiger partial charge on any atom is -0.362 e. The lowest BCUT2D eigenvalue weighted by molar-refractivity contribution is 0.544. The Hall–Kier alpha value is -8.14. The van der Waals surface area contributed by atoms with E-state index >= 15 is 0 Å². The number of anilines is 2. The SMILES string of the molecule is Cc1cccc2cc([C@@H](C)Nc3nc(F)nc4nc[nH]c34)c(-c3ccccc3)c(=O)n12.Cc1cccc2cc([C@H](C)Nc3nc(F)nc4nc[nH]c34)c(-c3ccccc3)c(=O)n12. The molecule has 8 heterocycles. The van der Waals surface area contributed by atoms with Crippen LogP contribution in [0.3, 0.4) is 0 Å². The van der Waals surface area contributed by atoms with Crippen molar-refractivity contribution in [3.8, 4) is 22.3 Å². The Balaban J connectivity index is 0.000000158. The fourth-order valence-corrected chi connectivity index (χ4v) is 7.85. The number of fused-ring (bicyclic) bond motifs is 4. The lowest BCUT2D eigenvalue weighted by atomic mass is 9.96. The smallest absolute Gasteiger partial charge is 0.312 e. The maximum Gasteiger partial charge on any atom is 0.312 e. The molecular weight excluding hydrogens is 791 g/mol. The molecule has 4 N–H and O–H groups in total. The van der Waals surface area contributed by atoms with Crippen molar-refractivity contribution >= 4 is 45.0 Å². The Morgan fingerprint density at radius 2 is 0.952 bits per heavy atom. The first kappa shape index (κ1) is 39.3. The molecule has 0 aliphatic carbocycles. The summed E-state index contributed by atoms with van der Waals surface area (Å²) >= 11 is 0. The molecular formula is C46H38F2N12O2. The van der Waals surface area contributed by atoms with Crippen molar-refractivity contribution < 1.29 is 8.78 Å². The second-order valence-electron chi connectivity index (χ2n) is 14.8. The van der Waals surface area contributed by atoms with Crippen LogP contribution in [0.15, 0.2) is 131 Å². The number of aromatic amines is 2. The summed E-state index contributed by atoms with van der Waals surface area (Å²) < 4.78 is 31.2. The first-order valence-electron chi connectivity index (χ1n) is 19.7. The number of H-pyrrole nitrogens is 2. The van der Waals surface area contributed by atoms with Crippen LogP contribution in [0.5, 0.6) is 0 Å². The molecule has 16 heteroatoms. The average molecular weight is 829 g/mol. The number of aromatic nitrogens is 10. The van der Waals surface area contributed by atoms with Crippen LogP contribution in [0, 0.1) is 26.0 Å². The van der Waals surface area contributed by atoms with E-state index in [0.717, 1.165) is 44.7 Å². The zero-order valence-electron chi connectivity index (χ0n) is 33.9. The van der Waals surface area contributed by atoms with Crippen LogP contribution in [0.25, 0.3) is 55.6 Å². The van der Waals surface area contributed by atoms with E-state index in [2.05, 4.69) is 50.5 Å². The van der Waals surface area contributed by atoms with Gasteiger partial charge in [0.2, 0.25) is 0 Å². The van der Waals surface area contributed by atoms with Gasteiger partial charge in [-0.15, -0.1) is 0 Å². The third-order valence-corrected chi connectivity index (χ3v) is 10.7. The summed E-state index contributed by atoms with van der Waals surface area (Å²) in [6.45, 7) is 7.64. The van der Waals surface area contributed by atoms with Gasteiger partial charge in [-0.2, -0.15) is 28.7 Å². The number of hydrogen-bond acceptors (Lipinski definition) is 10. The fourth-order valence-electron chi connectivity index (χ4n) is 7.85. The van der Waals surface area contributed by atoms with Crippen LogP contribution in [0.2, 0.25) is 0 Å². The molecule has 0 spiro atoms. The summed E-state index contributed by atoms with van der Waals surface area (Å²) in [6, 6.07) is 33.8. The van der Waals surface area contributed by atoms with Crippen molar-refractivity contribution in [2.24, 2.45) is 0 Å². The van der Waals surface area contributed by atoms with Gasteiger partial charge in [0.1, 0.15) is 11.0 Å². The van der Waals surface area contributed by atoms with Gasteiger partial charge in [-0.3, -0.25) is 18.4 Å². The maximum atomic E-state index is 13.9. The van der Waals surface area contributed by atoms with Gasteiger partial charge in [0.05, 0.1) is 35.9 Å². The van der Waals surface area contributed by atoms with Crippen molar-refractivity contribution in [2.45, 2.75) is 39.8 Å².